The second kappa shape index (κ2) is 6.15. The molecule has 1 amide bonds. The van der Waals surface area contributed by atoms with Gasteiger partial charge in [0.05, 0.1) is 12.2 Å². The number of nitrogens with zero attached hydrogens (tertiary/aromatic N) is 1. The Balaban J connectivity index is 2.26. The number of aromatic nitrogens is 1. The van der Waals surface area contributed by atoms with Crippen molar-refractivity contribution >= 4 is 22.4 Å². The molecular weight excluding hydrogens is 270 g/mol. The van der Waals surface area contributed by atoms with Crippen LogP contribution in [-0.4, -0.2) is 17.4 Å². The van der Waals surface area contributed by atoms with Gasteiger partial charge in [-0.1, -0.05) is 38.1 Å². The van der Waals surface area contributed by atoms with E-state index in [4.69, 9.17) is 5.73 Å². The van der Waals surface area contributed by atoms with E-state index < -0.39 is 0 Å². The predicted molar refractivity (Wildman–Crippen MR) is 84.1 cm³/mol. The number of hydrogen-bond acceptors (Lipinski definition) is 4. The fourth-order valence-corrected chi connectivity index (χ4v) is 2.77. The number of aryl methyl sites for hydroxylation is 1. The van der Waals surface area contributed by atoms with Crippen molar-refractivity contribution in [1.29, 1.82) is 0 Å². The highest BCUT2D eigenvalue weighted by atomic mass is 32.1. The molecule has 1 heterocycles. The second-order valence-corrected chi connectivity index (χ2v) is 6.16. The summed E-state index contributed by atoms with van der Waals surface area (Å²) in [5.74, 6) is 0.292. The summed E-state index contributed by atoms with van der Waals surface area (Å²) in [4.78, 5) is 16.8. The lowest BCUT2D eigenvalue weighted by molar-refractivity contribution is -0.114. The molecule has 5 heteroatoms. The minimum Gasteiger partial charge on any atom is -0.322 e. The van der Waals surface area contributed by atoms with E-state index in [-0.39, 0.29) is 12.5 Å². The SMILES string of the molecule is Cc1sc(NC(=O)CN)nc1-c1ccc(C(C)C)cc1. The average Bonchev–Trinajstić information content (AvgIpc) is 2.79. The zero-order valence-electron chi connectivity index (χ0n) is 11.9. The van der Waals surface area contributed by atoms with Crippen molar-refractivity contribution in [3.63, 3.8) is 0 Å². The Hall–Kier alpha value is -1.72. The van der Waals surface area contributed by atoms with Gasteiger partial charge in [-0.05, 0) is 18.4 Å². The average molecular weight is 289 g/mol. The van der Waals surface area contributed by atoms with Gasteiger partial charge in [0.2, 0.25) is 5.91 Å². The number of carbonyl (C=O) groups is 1. The van der Waals surface area contributed by atoms with Crippen molar-refractivity contribution in [2.75, 3.05) is 11.9 Å². The zero-order chi connectivity index (χ0) is 14.7. The van der Waals surface area contributed by atoms with Gasteiger partial charge in [0.1, 0.15) is 0 Å². The van der Waals surface area contributed by atoms with Crippen molar-refractivity contribution in [1.82, 2.24) is 4.98 Å². The predicted octanol–water partition coefficient (Wildman–Crippen LogP) is 3.14. The summed E-state index contributed by atoms with van der Waals surface area (Å²) in [7, 11) is 0. The summed E-state index contributed by atoms with van der Waals surface area (Å²) in [6.45, 7) is 6.31. The number of nitrogens with two attached hydrogens (primary N) is 1. The summed E-state index contributed by atoms with van der Waals surface area (Å²) in [6.07, 6.45) is 0. The van der Waals surface area contributed by atoms with Crippen molar-refractivity contribution < 1.29 is 4.79 Å². The minimum absolute atomic E-state index is 0.0307. The van der Waals surface area contributed by atoms with Crippen LogP contribution in [0.1, 0.15) is 30.2 Å². The lowest BCUT2D eigenvalue weighted by Crippen LogP contribution is -2.21. The molecule has 1 aromatic carbocycles. The molecule has 0 saturated carbocycles. The van der Waals surface area contributed by atoms with E-state index in [1.165, 1.54) is 16.9 Å². The van der Waals surface area contributed by atoms with Crippen LogP contribution < -0.4 is 11.1 Å². The van der Waals surface area contributed by atoms with Crippen LogP contribution >= 0.6 is 11.3 Å². The van der Waals surface area contributed by atoms with Crippen LogP contribution in [0.5, 0.6) is 0 Å². The molecule has 106 valence electrons. The third kappa shape index (κ3) is 3.23. The number of thiazole rings is 1. The normalized spacial score (nSPS) is 10.8. The minimum atomic E-state index is -0.222. The highest BCUT2D eigenvalue weighted by Gasteiger charge is 2.11. The first-order valence-corrected chi connectivity index (χ1v) is 7.40. The van der Waals surface area contributed by atoms with E-state index in [1.807, 2.05) is 6.92 Å². The van der Waals surface area contributed by atoms with Crippen LogP contribution in [0.15, 0.2) is 24.3 Å². The fraction of sp³-hybridized carbons (Fsp3) is 0.333. The molecule has 0 atom stereocenters. The largest absolute Gasteiger partial charge is 0.322 e. The number of benzene rings is 1. The summed E-state index contributed by atoms with van der Waals surface area (Å²) in [5.41, 5.74) is 8.57. The van der Waals surface area contributed by atoms with E-state index in [2.05, 4.69) is 48.4 Å². The lowest BCUT2D eigenvalue weighted by Gasteiger charge is -2.06. The van der Waals surface area contributed by atoms with Gasteiger partial charge >= 0.3 is 0 Å². The maximum atomic E-state index is 11.3. The second-order valence-electron chi connectivity index (χ2n) is 4.95. The molecule has 0 bridgehead atoms. The Bertz CT molecular complexity index is 602. The highest BCUT2D eigenvalue weighted by Crippen LogP contribution is 2.31. The number of anilines is 1. The number of hydrogen-bond donors (Lipinski definition) is 2. The maximum absolute atomic E-state index is 11.3. The van der Waals surface area contributed by atoms with Crippen LogP contribution in [0.4, 0.5) is 5.13 Å². The number of rotatable bonds is 4. The Morgan fingerprint density at radius 2 is 2.00 bits per heavy atom. The van der Waals surface area contributed by atoms with Crippen molar-refractivity contribution in [2.45, 2.75) is 26.7 Å². The van der Waals surface area contributed by atoms with Gasteiger partial charge in [-0.2, -0.15) is 0 Å². The lowest BCUT2D eigenvalue weighted by atomic mass is 10.0. The van der Waals surface area contributed by atoms with Crippen LogP contribution in [0, 0.1) is 6.92 Å². The monoisotopic (exact) mass is 289 g/mol. The molecule has 4 nitrogen and oxygen atoms in total. The first-order chi connectivity index (χ1) is 9.51. The Kier molecular flexibility index (Phi) is 4.52. The Morgan fingerprint density at radius 3 is 2.55 bits per heavy atom. The Morgan fingerprint density at radius 1 is 1.35 bits per heavy atom. The molecule has 20 heavy (non-hydrogen) atoms. The molecule has 0 aliphatic rings. The Labute approximate surface area is 123 Å². The molecule has 0 aliphatic carbocycles. The number of carbonyl (C=O) groups excluding carboxylic acids is 1. The first-order valence-electron chi connectivity index (χ1n) is 6.59. The molecule has 0 unspecified atom stereocenters. The van der Waals surface area contributed by atoms with E-state index in [9.17, 15) is 4.79 Å². The molecule has 0 fully saturated rings. The number of nitrogens with one attached hydrogen (secondary N) is 1. The summed E-state index contributed by atoms with van der Waals surface area (Å²) in [5, 5.41) is 3.29. The third-order valence-corrected chi connectivity index (χ3v) is 3.97. The molecule has 2 aromatic rings. The standard InChI is InChI=1S/C15H19N3OS/c1-9(2)11-4-6-12(7-5-11)14-10(3)20-15(18-14)17-13(19)8-16/h4-7,9H,8,16H2,1-3H3,(H,17,18,19). The zero-order valence-corrected chi connectivity index (χ0v) is 12.8. The first kappa shape index (κ1) is 14.7. The number of amides is 1. The van der Waals surface area contributed by atoms with E-state index >= 15 is 0 Å². The molecule has 0 saturated heterocycles. The summed E-state index contributed by atoms with van der Waals surface area (Å²) >= 11 is 1.46. The highest BCUT2D eigenvalue weighted by molar-refractivity contribution is 7.16. The van der Waals surface area contributed by atoms with E-state index in [1.54, 1.807) is 0 Å². The van der Waals surface area contributed by atoms with Gasteiger partial charge < -0.3 is 11.1 Å². The molecule has 0 radical (unpaired) electrons. The summed E-state index contributed by atoms with van der Waals surface area (Å²) in [6, 6.07) is 8.39. The third-order valence-electron chi connectivity index (χ3n) is 3.08. The van der Waals surface area contributed by atoms with Gasteiger partial charge in [-0.3, -0.25) is 4.79 Å². The molecular formula is C15H19N3OS. The van der Waals surface area contributed by atoms with Gasteiger partial charge in [0.15, 0.2) is 5.13 Å². The van der Waals surface area contributed by atoms with Crippen LogP contribution in [0.3, 0.4) is 0 Å². The molecule has 3 N–H and O–H groups in total. The van der Waals surface area contributed by atoms with Gasteiger partial charge in [-0.25, -0.2) is 4.98 Å². The van der Waals surface area contributed by atoms with Crippen molar-refractivity contribution in [3.05, 3.63) is 34.7 Å². The quantitative estimate of drug-likeness (QED) is 0.908. The van der Waals surface area contributed by atoms with E-state index in [0.717, 1.165) is 16.1 Å². The molecule has 0 aliphatic heterocycles. The van der Waals surface area contributed by atoms with Gasteiger partial charge in [0.25, 0.3) is 0 Å². The van der Waals surface area contributed by atoms with Crippen molar-refractivity contribution in [3.8, 4) is 11.3 Å². The van der Waals surface area contributed by atoms with Crippen molar-refractivity contribution in [2.24, 2.45) is 5.73 Å². The fourth-order valence-electron chi connectivity index (χ4n) is 1.91. The molecule has 1 aromatic heterocycles. The summed E-state index contributed by atoms with van der Waals surface area (Å²) < 4.78 is 0. The maximum Gasteiger partial charge on any atom is 0.239 e. The van der Waals surface area contributed by atoms with Gasteiger partial charge in [-0.15, -0.1) is 11.3 Å². The molecule has 2 rings (SSSR count). The van der Waals surface area contributed by atoms with E-state index in [0.29, 0.717) is 11.0 Å². The van der Waals surface area contributed by atoms with Crippen LogP contribution in [0.25, 0.3) is 11.3 Å². The van der Waals surface area contributed by atoms with Gasteiger partial charge in [0, 0.05) is 10.4 Å². The smallest absolute Gasteiger partial charge is 0.239 e. The topological polar surface area (TPSA) is 68.0 Å². The van der Waals surface area contributed by atoms with Crippen LogP contribution in [-0.2, 0) is 4.79 Å². The van der Waals surface area contributed by atoms with Crippen LogP contribution in [0.2, 0.25) is 0 Å². The molecule has 0 spiro atoms.